The van der Waals surface area contributed by atoms with Crippen molar-refractivity contribution in [2.75, 3.05) is 30.4 Å². The summed E-state index contributed by atoms with van der Waals surface area (Å²) in [6, 6.07) is -0.487. The topological polar surface area (TPSA) is 256 Å². The van der Waals surface area contributed by atoms with Gasteiger partial charge in [-0.1, -0.05) is 0 Å². The first-order chi connectivity index (χ1) is 16.6. The van der Waals surface area contributed by atoms with Crippen LogP contribution in [-0.4, -0.2) is 63.8 Å². The number of hydrogen-bond donors (Lipinski definition) is 10. The summed E-state index contributed by atoms with van der Waals surface area (Å²) >= 11 is 0. The van der Waals surface area contributed by atoms with Crippen molar-refractivity contribution in [1.29, 1.82) is 0 Å². The molecule has 0 aliphatic carbocycles. The summed E-state index contributed by atoms with van der Waals surface area (Å²) in [7, 11) is 0. The smallest absolute Gasteiger partial charge is 0.334 e. The van der Waals surface area contributed by atoms with E-state index in [9.17, 15) is 28.8 Å². The molecule has 0 fully saturated rings. The second-order valence-corrected chi connectivity index (χ2v) is 6.70. The number of anilines is 2. The number of rotatable bonds is 7. The average molecular weight is 492 g/mol. The zero-order valence-electron chi connectivity index (χ0n) is 18.6. The molecular formula is C17H24N12O6. The fourth-order valence-electron chi connectivity index (χ4n) is 2.34. The third-order valence-corrected chi connectivity index (χ3v) is 3.70. The molecule has 18 heteroatoms. The van der Waals surface area contributed by atoms with Gasteiger partial charge in [-0.15, -0.1) is 0 Å². The van der Waals surface area contributed by atoms with Crippen LogP contribution in [0, 0.1) is 13.8 Å². The predicted molar refractivity (Wildman–Crippen MR) is 121 cm³/mol. The van der Waals surface area contributed by atoms with Crippen molar-refractivity contribution in [1.82, 2.24) is 52.1 Å². The Hall–Kier alpha value is -5.16. The van der Waals surface area contributed by atoms with Crippen LogP contribution in [0.4, 0.5) is 31.1 Å². The van der Waals surface area contributed by atoms with E-state index >= 15 is 0 Å². The molecule has 0 spiro atoms. The number of nitrogens with one attached hydrogen (secondary N) is 10. The van der Waals surface area contributed by atoms with Crippen LogP contribution in [0.2, 0.25) is 0 Å². The first kappa shape index (κ1) is 26.1. The van der Waals surface area contributed by atoms with Gasteiger partial charge in [-0.2, -0.15) is 9.97 Å². The Balaban J connectivity index is 1.55. The highest BCUT2D eigenvalue weighted by molar-refractivity contribution is 5.88. The Morgan fingerprint density at radius 2 is 1.09 bits per heavy atom. The number of hydrogen-bond acceptors (Lipinski definition) is 8. The number of hydrazine groups is 1. The number of carbonyl (C=O) groups excluding carboxylic acids is 4. The van der Waals surface area contributed by atoms with Crippen LogP contribution in [-0.2, 0) is 0 Å². The number of aromatic nitrogens is 4. The molecule has 0 atom stereocenters. The van der Waals surface area contributed by atoms with Gasteiger partial charge in [-0.3, -0.25) is 20.2 Å². The van der Waals surface area contributed by atoms with Crippen molar-refractivity contribution in [3.05, 3.63) is 44.2 Å². The predicted octanol–water partition coefficient (Wildman–Crippen LogP) is -2.12. The molecule has 0 aliphatic heterocycles. The van der Waals surface area contributed by atoms with E-state index in [2.05, 4.69) is 51.8 Å². The summed E-state index contributed by atoms with van der Waals surface area (Å²) in [4.78, 5) is 81.8. The monoisotopic (exact) mass is 492 g/mol. The van der Waals surface area contributed by atoms with Crippen molar-refractivity contribution in [2.45, 2.75) is 13.8 Å². The second kappa shape index (κ2) is 12.8. The Morgan fingerprint density at radius 1 is 0.686 bits per heavy atom. The molecule has 2 aromatic heterocycles. The number of carbonyl (C=O) groups is 4. The molecule has 35 heavy (non-hydrogen) atoms. The highest BCUT2D eigenvalue weighted by Crippen LogP contribution is 1.95. The first-order valence-electron chi connectivity index (χ1n) is 9.94. The van der Waals surface area contributed by atoms with Crippen LogP contribution in [0.5, 0.6) is 0 Å². The highest BCUT2D eigenvalue weighted by atomic mass is 16.2. The second-order valence-electron chi connectivity index (χ2n) is 6.70. The SMILES string of the molecule is Cc1cc(=O)nc(NC(=O)NCCNC(=O)NNC(=O)NCNC(=O)Nc2nc(=O)cc(C)[nH]2)[nH]1. The lowest BCUT2D eigenvalue weighted by molar-refractivity contribution is 0.223. The van der Waals surface area contributed by atoms with E-state index in [0.29, 0.717) is 11.4 Å². The number of aryl methyl sites for hydroxylation is 2. The van der Waals surface area contributed by atoms with E-state index in [1.165, 1.54) is 12.1 Å². The molecule has 2 rings (SSSR count). The zero-order chi connectivity index (χ0) is 25.8. The van der Waals surface area contributed by atoms with Crippen molar-refractivity contribution in [2.24, 2.45) is 0 Å². The van der Waals surface area contributed by atoms with Crippen molar-refractivity contribution in [3.8, 4) is 0 Å². The molecule has 188 valence electrons. The van der Waals surface area contributed by atoms with Crippen LogP contribution >= 0.6 is 0 Å². The molecule has 0 bridgehead atoms. The fraction of sp³-hybridized carbons (Fsp3) is 0.294. The van der Waals surface area contributed by atoms with Crippen LogP contribution in [0.25, 0.3) is 0 Å². The Morgan fingerprint density at radius 3 is 1.57 bits per heavy atom. The largest absolute Gasteiger partial charge is 0.336 e. The van der Waals surface area contributed by atoms with Crippen LogP contribution in [0.15, 0.2) is 21.7 Å². The molecule has 18 nitrogen and oxygen atoms in total. The molecule has 0 aliphatic rings. The molecule has 0 unspecified atom stereocenters. The lowest BCUT2D eigenvalue weighted by atomic mass is 10.4. The maximum Gasteiger partial charge on any atom is 0.334 e. The third kappa shape index (κ3) is 10.3. The Labute approximate surface area is 196 Å². The fourth-order valence-corrected chi connectivity index (χ4v) is 2.34. The molecule has 0 saturated heterocycles. The molecule has 2 aromatic rings. The summed E-state index contributed by atoms with van der Waals surface area (Å²) in [5.74, 6) is -0.0915. The number of nitrogens with zero attached hydrogens (tertiary/aromatic N) is 2. The minimum absolute atomic E-state index is 0.0110. The standard InChI is InChI=1S/C17H24N12O6/c1-8-5-10(30)24-12(22-8)26-14(32)18-3-4-19-16(34)28-29-17(35)21-7-20-15(33)27-13-23-9(2)6-11(31)25-13/h5-6H,3-4,7H2,1-2H3,(H2,19,28,34)(H2,21,29,35)(H3,18,22,24,26,30,32)(H3,20,23,25,27,31,33). The molecule has 0 radical (unpaired) electrons. The maximum atomic E-state index is 11.7. The molecule has 10 N–H and O–H groups in total. The van der Waals surface area contributed by atoms with Crippen LogP contribution in [0.3, 0.4) is 0 Å². The highest BCUT2D eigenvalue weighted by Gasteiger charge is 2.07. The summed E-state index contributed by atoms with van der Waals surface area (Å²) in [5, 5.41) is 13.9. The van der Waals surface area contributed by atoms with Crippen LogP contribution in [0.1, 0.15) is 11.4 Å². The van der Waals surface area contributed by atoms with Crippen molar-refractivity contribution in [3.63, 3.8) is 0 Å². The Kier molecular flexibility index (Phi) is 9.52. The lowest BCUT2D eigenvalue weighted by Gasteiger charge is -2.11. The van der Waals surface area contributed by atoms with Gasteiger partial charge in [0.05, 0.1) is 6.67 Å². The van der Waals surface area contributed by atoms with Gasteiger partial charge in [0.2, 0.25) is 11.9 Å². The van der Waals surface area contributed by atoms with Gasteiger partial charge in [0.15, 0.2) is 0 Å². The Bertz CT molecular complexity index is 1190. The molecule has 0 saturated carbocycles. The number of amides is 8. The first-order valence-corrected chi connectivity index (χ1v) is 9.94. The van der Waals surface area contributed by atoms with Gasteiger partial charge < -0.3 is 31.2 Å². The lowest BCUT2D eigenvalue weighted by Crippen LogP contribution is -2.53. The normalized spacial score (nSPS) is 9.89. The van der Waals surface area contributed by atoms with E-state index in [1.54, 1.807) is 13.8 Å². The number of urea groups is 4. The molecule has 8 amide bonds. The van der Waals surface area contributed by atoms with Crippen molar-refractivity contribution < 1.29 is 19.2 Å². The summed E-state index contributed by atoms with van der Waals surface area (Å²) in [5.41, 5.74) is 4.05. The summed E-state index contributed by atoms with van der Waals surface area (Å²) in [6.45, 7) is 2.98. The quantitative estimate of drug-likeness (QED) is 0.116. The summed E-state index contributed by atoms with van der Waals surface area (Å²) in [6.07, 6.45) is 0. The number of H-pyrrole nitrogens is 2. The maximum absolute atomic E-state index is 11.7. The van der Waals surface area contributed by atoms with E-state index in [4.69, 9.17) is 0 Å². The molecular weight excluding hydrogens is 468 g/mol. The van der Waals surface area contributed by atoms with Gasteiger partial charge in [0, 0.05) is 36.6 Å². The van der Waals surface area contributed by atoms with Gasteiger partial charge in [-0.05, 0) is 13.8 Å². The molecule has 0 aromatic carbocycles. The molecule has 2 heterocycles. The van der Waals surface area contributed by atoms with E-state index in [-0.39, 0.29) is 31.7 Å². The zero-order valence-corrected chi connectivity index (χ0v) is 18.6. The van der Waals surface area contributed by atoms with Crippen LogP contribution < -0.4 is 53.9 Å². The third-order valence-electron chi connectivity index (χ3n) is 3.70. The van der Waals surface area contributed by atoms with Gasteiger partial charge in [0.25, 0.3) is 11.1 Å². The van der Waals surface area contributed by atoms with Gasteiger partial charge in [-0.25, -0.2) is 30.0 Å². The minimum atomic E-state index is -0.834. The van der Waals surface area contributed by atoms with E-state index in [1.807, 2.05) is 10.9 Å². The number of aromatic amines is 2. The van der Waals surface area contributed by atoms with E-state index < -0.39 is 35.2 Å². The van der Waals surface area contributed by atoms with E-state index in [0.717, 1.165) is 0 Å². The summed E-state index contributed by atoms with van der Waals surface area (Å²) < 4.78 is 0. The average Bonchev–Trinajstić information content (AvgIpc) is 2.73. The minimum Gasteiger partial charge on any atom is -0.336 e. The van der Waals surface area contributed by atoms with Crippen molar-refractivity contribution >= 4 is 36.0 Å². The van der Waals surface area contributed by atoms with Gasteiger partial charge >= 0.3 is 24.1 Å². The van der Waals surface area contributed by atoms with Gasteiger partial charge in [0.1, 0.15) is 0 Å².